The monoisotopic (exact) mass is 463 g/mol. The van der Waals surface area contributed by atoms with Crippen molar-refractivity contribution >= 4 is 11.6 Å². The number of pyridine rings is 1. The van der Waals surface area contributed by atoms with E-state index in [2.05, 4.69) is 40.2 Å². The number of aryl methyl sites for hydroxylation is 2. The Morgan fingerprint density at radius 3 is 2.58 bits per heavy atom. The van der Waals surface area contributed by atoms with Gasteiger partial charge in [0.25, 0.3) is 5.89 Å². The molecule has 0 fully saturated rings. The lowest BCUT2D eigenvalue weighted by Crippen LogP contribution is -1.97. The molecule has 0 spiro atoms. The number of methoxy groups -OCH3 is 2. The first-order chi connectivity index (χ1) is 16.1. The van der Waals surface area contributed by atoms with Gasteiger partial charge < -0.3 is 14.0 Å². The summed E-state index contributed by atoms with van der Waals surface area (Å²) < 4.78 is 16.1. The highest BCUT2D eigenvalue weighted by Gasteiger charge is 2.15. The molecule has 0 saturated carbocycles. The van der Waals surface area contributed by atoms with Crippen LogP contribution in [0.4, 0.5) is 0 Å². The summed E-state index contributed by atoms with van der Waals surface area (Å²) in [5.41, 5.74) is 6.92. The summed E-state index contributed by atoms with van der Waals surface area (Å²) in [5, 5.41) is 4.73. The van der Waals surface area contributed by atoms with E-state index in [1.165, 1.54) is 11.1 Å². The summed E-state index contributed by atoms with van der Waals surface area (Å²) in [4.78, 5) is 9.06. The van der Waals surface area contributed by atoms with E-state index < -0.39 is 0 Å². The van der Waals surface area contributed by atoms with Crippen molar-refractivity contribution in [1.82, 2.24) is 15.1 Å². The fourth-order valence-corrected chi connectivity index (χ4v) is 4.01. The zero-order chi connectivity index (χ0) is 23.2. The van der Waals surface area contributed by atoms with Crippen LogP contribution >= 0.6 is 11.6 Å². The molecule has 2 aromatic carbocycles. The molecule has 0 radical (unpaired) electrons. The first kappa shape index (κ1) is 23.1. The van der Waals surface area contributed by atoms with E-state index >= 15 is 0 Å². The van der Waals surface area contributed by atoms with Crippen LogP contribution in [-0.4, -0.2) is 36.0 Å². The maximum Gasteiger partial charge on any atom is 0.258 e. The average Bonchev–Trinajstić information content (AvgIpc) is 3.31. The lowest BCUT2D eigenvalue weighted by molar-refractivity contribution is 0.185. The maximum atomic E-state index is 6.42. The SMILES string of the molecule is COCCCc1ncc(-c2noc(-c3ccc(-c4ccccc4C)c(COC)c3)n2)cc1Cl. The number of aromatic nitrogens is 3. The Balaban J connectivity index is 1.61. The maximum absolute atomic E-state index is 6.42. The third kappa shape index (κ3) is 5.30. The van der Waals surface area contributed by atoms with Crippen LogP contribution in [0.1, 0.15) is 23.2 Å². The molecular weight excluding hydrogens is 438 g/mol. The Kier molecular flexibility index (Phi) is 7.50. The fourth-order valence-electron chi connectivity index (χ4n) is 3.75. The van der Waals surface area contributed by atoms with E-state index in [1.54, 1.807) is 20.4 Å². The molecule has 0 saturated heterocycles. The highest BCUT2D eigenvalue weighted by atomic mass is 35.5. The first-order valence-electron chi connectivity index (χ1n) is 10.8. The second-order valence-electron chi connectivity index (χ2n) is 7.79. The Labute approximate surface area is 198 Å². The van der Waals surface area contributed by atoms with Crippen molar-refractivity contribution in [3.05, 3.63) is 76.6 Å². The van der Waals surface area contributed by atoms with Gasteiger partial charge in [-0.05, 0) is 60.2 Å². The molecule has 0 aliphatic carbocycles. The van der Waals surface area contributed by atoms with Crippen LogP contribution in [-0.2, 0) is 22.5 Å². The number of halogens is 1. The Bertz CT molecular complexity index is 1240. The number of rotatable bonds is 9. The predicted octanol–water partition coefficient (Wildman–Crippen LogP) is 6.15. The van der Waals surface area contributed by atoms with Gasteiger partial charge >= 0.3 is 0 Å². The number of hydrogen-bond donors (Lipinski definition) is 0. The number of hydrogen-bond acceptors (Lipinski definition) is 6. The van der Waals surface area contributed by atoms with Gasteiger partial charge in [-0.25, -0.2) is 0 Å². The highest BCUT2D eigenvalue weighted by Crippen LogP contribution is 2.32. The predicted molar refractivity (Wildman–Crippen MR) is 129 cm³/mol. The molecule has 0 N–H and O–H groups in total. The van der Waals surface area contributed by atoms with Gasteiger partial charge in [-0.2, -0.15) is 4.98 Å². The van der Waals surface area contributed by atoms with E-state index in [4.69, 9.17) is 25.6 Å². The van der Waals surface area contributed by atoms with Crippen LogP contribution in [0.25, 0.3) is 34.0 Å². The highest BCUT2D eigenvalue weighted by molar-refractivity contribution is 6.31. The number of nitrogens with zero attached hydrogens (tertiary/aromatic N) is 3. The minimum atomic E-state index is 0.430. The zero-order valence-electron chi connectivity index (χ0n) is 19.0. The van der Waals surface area contributed by atoms with Crippen LogP contribution in [0.3, 0.4) is 0 Å². The molecule has 170 valence electrons. The Morgan fingerprint density at radius 2 is 1.82 bits per heavy atom. The molecule has 0 bridgehead atoms. The van der Waals surface area contributed by atoms with E-state index in [9.17, 15) is 0 Å². The van der Waals surface area contributed by atoms with Crippen molar-refractivity contribution in [2.45, 2.75) is 26.4 Å². The van der Waals surface area contributed by atoms with E-state index in [1.807, 2.05) is 30.3 Å². The van der Waals surface area contributed by atoms with Gasteiger partial charge in [-0.15, -0.1) is 0 Å². The van der Waals surface area contributed by atoms with Crippen LogP contribution in [0.15, 0.2) is 59.3 Å². The fraction of sp³-hybridized carbons (Fsp3) is 0.269. The van der Waals surface area contributed by atoms with Gasteiger partial charge in [0.05, 0.1) is 17.3 Å². The molecule has 7 heteroatoms. The number of benzene rings is 2. The quantitative estimate of drug-likeness (QED) is 0.277. The standard InChI is InChI=1S/C26H26ClN3O3/c1-17-7-4-5-8-21(17)22-11-10-18(13-20(22)16-32-3)26-29-25(30-33-26)19-14-23(27)24(28-15-19)9-6-12-31-2/h4-5,7-8,10-11,13-15H,6,9,12,16H2,1-3H3. The van der Waals surface area contributed by atoms with Gasteiger partial charge in [-0.1, -0.05) is 47.1 Å². The van der Waals surface area contributed by atoms with Gasteiger partial charge in [0, 0.05) is 38.2 Å². The largest absolute Gasteiger partial charge is 0.385 e. The smallest absolute Gasteiger partial charge is 0.258 e. The minimum absolute atomic E-state index is 0.430. The lowest BCUT2D eigenvalue weighted by Gasteiger charge is -2.12. The lowest BCUT2D eigenvalue weighted by atomic mass is 9.94. The zero-order valence-corrected chi connectivity index (χ0v) is 19.7. The summed E-state index contributed by atoms with van der Waals surface area (Å²) in [6, 6.07) is 16.2. The van der Waals surface area contributed by atoms with Crippen LogP contribution < -0.4 is 0 Å². The van der Waals surface area contributed by atoms with Crippen LogP contribution in [0.5, 0.6) is 0 Å². The molecule has 0 aliphatic rings. The van der Waals surface area contributed by atoms with Crippen molar-refractivity contribution in [1.29, 1.82) is 0 Å². The Morgan fingerprint density at radius 1 is 0.970 bits per heavy atom. The summed E-state index contributed by atoms with van der Waals surface area (Å²) in [6.45, 7) is 3.25. The van der Waals surface area contributed by atoms with E-state index in [-0.39, 0.29) is 0 Å². The van der Waals surface area contributed by atoms with Crippen molar-refractivity contribution in [2.75, 3.05) is 20.8 Å². The summed E-state index contributed by atoms with van der Waals surface area (Å²) >= 11 is 6.42. The summed E-state index contributed by atoms with van der Waals surface area (Å²) in [7, 11) is 3.37. The van der Waals surface area contributed by atoms with Crippen molar-refractivity contribution < 1.29 is 14.0 Å². The van der Waals surface area contributed by atoms with Crippen molar-refractivity contribution in [2.24, 2.45) is 0 Å². The normalized spacial score (nSPS) is 11.2. The first-order valence-corrected chi connectivity index (χ1v) is 11.1. The van der Waals surface area contributed by atoms with E-state index in [0.29, 0.717) is 35.5 Å². The van der Waals surface area contributed by atoms with Gasteiger partial charge in [0.15, 0.2) is 0 Å². The van der Waals surface area contributed by atoms with Crippen LogP contribution in [0, 0.1) is 6.92 Å². The van der Waals surface area contributed by atoms with Crippen LogP contribution in [0.2, 0.25) is 5.02 Å². The molecule has 6 nitrogen and oxygen atoms in total. The van der Waals surface area contributed by atoms with E-state index in [0.717, 1.165) is 35.2 Å². The van der Waals surface area contributed by atoms with Gasteiger partial charge in [-0.3, -0.25) is 4.98 Å². The second-order valence-corrected chi connectivity index (χ2v) is 8.20. The molecule has 4 aromatic rings. The third-order valence-corrected chi connectivity index (χ3v) is 5.78. The Hall–Kier alpha value is -3.06. The summed E-state index contributed by atoms with van der Waals surface area (Å²) in [5.74, 6) is 0.873. The average molecular weight is 464 g/mol. The topological polar surface area (TPSA) is 70.3 Å². The second kappa shape index (κ2) is 10.7. The molecule has 0 atom stereocenters. The molecule has 0 amide bonds. The van der Waals surface area contributed by atoms with Gasteiger partial charge in [0.1, 0.15) is 0 Å². The molecule has 0 unspecified atom stereocenters. The third-order valence-electron chi connectivity index (χ3n) is 5.45. The van der Waals surface area contributed by atoms with Gasteiger partial charge in [0.2, 0.25) is 5.82 Å². The molecule has 4 rings (SSSR count). The molecule has 33 heavy (non-hydrogen) atoms. The number of ether oxygens (including phenoxy) is 2. The molecule has 2 heterocycles. The molecule has 2 aromatic heterocycles. The van der Waals surface area contributed by atoms with Crippen molar-refractivity contribution in [3.63, 3.8) is 0 Å². The summed E-state index contributed by atoms with van der Waals surface area (Å²) in [6.07, 6.45) is 3.33. The minimum Gasteiger partial charge on any atom is -0.385 e. The molecular formula is C26H26ClN3O3. The van der Waals surface area contributed by atoms with Crippen molar-refractivity contribution in [3.8, 4) is 34.0 Å². The molecule has 0 aliphatic heterocycles.